The topological polar surface area (TPSA) is 160 Å². The van der Waals surface area contributed by atoms with Gasteiger partial charge in [-0.2, -0.15) is 5.26 Å². The smallest absolute Gasteiger partial charge is 0.269 e. The van der Waals surface area contributed by atoms with Gasteiger partial charge in [0.15, 0.2) is 0 Å². The van der Waals surface area contributed by atoms with Crippen LogP contribution in [0.5, 0.6) is 5.75 Å². The summed E-state index contributed by atoms with van der Waals surface area (Å²) in [5.41, 5.74) is 1.77. The Balaban J connectivity index is 1.56. The lowest BCUT2D eigenvalue weighted by Crippen LogP contribution is -2.31. The van der Waals surface area contributed by atoms with Gasteiger partial charge in [0, 0.05) is 23.5 Å². The monoisotopic (exact) mass is 545 g/mol. The largest absolute Gasteiger partial charge is 0.495 e. The van der Waals surface area contributed by atoms with Gasteiger partial charge < -0.3 is 25.1 Å². The van der Waals surface area contributed by atoms with E-state index in [1.54, 1.807) is 43.3 Å². The SMILES string of the molecule is COc1ccccc1NC(=O)C1=C(C)NC(SCC(=O)Nc2ccc([N+](=O)[O-])cc2)=C(C#N)[C@@H]1c1ccco1. The van der Waals surface area contributed by atoms with E-state index in [9.17, 15) is 25.0 Å². The number of dihydropyridines is 1. The third kappa shape index (κ3) is 6.11. The summed E-state index contributed by atoms with van der Waals surface area (Å²) in [5, 5.41) is 30.0. The number of furan rings is 1. The molecule has 0 bridgehead atoms. The first kappa shape index (κ1) is 27.0. The van der Waals surface area contributed by atoms with Crippen molar-refractivity contribution in [3.05, 3.63) is 105 Å². The van der Waals surface area contributed by atoms with Crippen molar-refractivity contribution >= 4 is 40.6 Å². The standard InChI is InChI=1S/C27H23N5O6S/c1-16-24(26(34)31-20-6-3-4-7-21(20)37-2)25(22-8-5-13-38-22)19(14-28)27(29-16)39-15-23(33)30-17-9-11-18(12-10-17)32(35)36/h3-13,25,29H,15H2,1-2H3,(H,30,33)(H,31,34)/t25-/m1/s1. The first-order chi connectivity index (χ1) is 18.8. The fraction of sp³-hybridized carbons (Fsp3) is 0.148. The summed E-state index contributed by atoms with van der Waals surface area (Å²) in [6.07, 6.45) is 1.46. The Morgan fingerprint density at radius 1 is 1.15 bits per heavy atom. The molecule has 0 aliphatic carbocycles. The van der Waals surface area contributed by atoms with E-state index in [1.165, 1.54) is 37.6 Å². The number of hydrogen-bond donors (Lipinski definition) is 3. The molecule has 0 unspecified atom stereocenters. The van der Waals surface area contributed by atoms with Gasteiger partial charge in [-0.1, -0.05) is 23.9 Å². The summed E-state index contributed by atoms with van der Waals surface area (Å²) < 4.78 is 11.0. The van der Waals surface area contributed by atoms with Gasteiger partial charge in [-0.3, -0.25) is 19.7 Å². The van der Waals surface area contributed by atoms with E-state index in [0.29, 0.717) is 33.6 Å². The summed E-state index contributed by atoms with van der Waals surface area (Å²) in [6, 6.07) is 18.0. The van der Waals surface area contributed by atoms with Crippen LogP contribution in [0.1, 0.15) is 18.6 Å². The van der Waals surface area contributed by atoms with Crippen molar-refractivity contribution in [3.8, 4) is 11.8 Å². The number of non-ortho nitro benzene ring substituents is 1. The molecule has 4 rings (SSSR count). The number of allylic oxidation sites excluding steroid dienone is 2. The molecule has 2 aromatic carbocycles. The minimum Gasteiger partial charge on any atom is -0.495 e. The lowest BCUT2D eigenvalue weighted by molar-refractivity contribution is -0.384. The first-order valence-electron chi connectivity index (χ1n) is 11.6. The van der Waals surface area contributed by atoms with Crippen LogP contribution in [-0.4, -0.2) is 29.6 Å². The van der Waals surface area contributed by atoms with Gasteiger partial charge in [0.05, 0.1) is 57.9 Å². The zero-order valence-electron chi connectivity index (χ0n) is 20.9. The van der Waals surface area contributed by atoms with Crippen LogP contribution in [0, 0.1) is 21.4 Å². The molecule has 3 aromatic rings. The molecular formula is C27H23N5O6S. The van der Waals surface area contributed by atoms with Gasteiger partial charge in [-0.15, -0.1) is 0 Å². The van der Waals surface area contributed by atoms with E-state index in [2.05, 4.69) is 22.0 Å². The molecule has 0 radical (unpaired) electrons. The number of nitriles is 1. The number of benzene rings is 2. The number of anilines is 2. The van der Waals surface area contributed by atoms with Crippen LogP contribution in [0.3, 0.4) is 0 Å². The molecule has 198 valence electrons. The number of nitro benzene ring substituents is 1. The predicted molar refractivity (Wildman–Crippen MR) is 146 cm³/mol. The van der Waals surface area contributed by atoms with E-state index < -0.39 is 16.7 Å². The Kier molecular flexibility index (Phi) is 8.33. The fourth-order valence-corrected chi connectivity index (χ4v) is 4.90. The van der Waals surface area contributed by atoms with Crippen LogP contribution in [0.2, 0.25) is 0 Å². The van der Waals surface area contributed by atoms with Crippen LogP contribution in [0.4, 0.5) is 17.1 Å². The predicted octanol–water partition coefficient (Wildman–Crippen LogP) is 4.90. The summed E-state index contributed by atoms with van der Waals surface area (Å²) in [5.74, 6) is -0.832. The summed E-state index contributed by atoms with van der Waals surface area (Å²) in [7, 11) is 1.50. The molecule has 2 heterocycles. The minimum absolute atomic E-state index is 0.0641. The quantitative estimate of drug-likeness (QED) is 0.251. The molecule has 39 heavy (non-hydrogen) atoms. The number of amides is 2. The number of carbonyl (C=O) groups excluding carboxylic acids is 2. The Morgan fingerprint density at radius 2 is 1.90 bits per heavy atom. The lowest BCUT2D eigenvalue weighted by atomic mass is 9.85. The molecule has 12 heteroatoms. The van der Waals surface area contributed by atoms with E-state index in [0.717, 1.165) is 11.8 Å². The molecular weight excluding hydrogens is 522 g/mol. The molecule has 0 spiro atoms. The van der Waals surface area contributed by atoms with Crippen LogP contribution in [0.25, 0.3) is 0 Å². The highest BCUT2D eigenvalue weighted by atomic mass is 32.2. The maximum absolute atomic E-state index is 13.5. The Bertz CT molecular complexity index is 1510. The number of hydrogen-bond acceptors (Lipinski definition) is 9. The molecule has 1 aromatic heterocycles. The second-order valence-electron chi connectivity index (χ2n) is 8.26. The molecule has 3 N–H and O–H groups in total. The van der Waals surface area contributed by atoms with Crippen LogP contribution >= 0.6 is 11.8 Å². The number of methoxy groups -OCH3 is 1. The summed E-state index contributed by atoms with van der Waals surface area (Å²) in [6.45, 7) is 1.71. The van der Waals surface area contributed by atoms with Crippen LogP contribution in [-0.2, 0) is 9.59 Å². The zero-order valence-corrected chi connectivity index (χ0v) is 21.7. The molecule has 1 aliphatic heterocycles. The summed E-state index contributed by atoms with van der Waals surface area (Å²) in [4.78, 5) is 36.4. The molecule has 2 amide bonds. The minimum atomic E-state index is -0.818. The van der Waals surface area contributed by atoms with Crippen molar-refractivity contribution in [2.24, 2.45) is 0 Å². The van der Waals surface area contributed by atoms with Crippen molar-refractivity contribution in [1.82, 2.24) is 5.32 Å². The van der Waals surface area contributed by atoms with Crippen molar-refractivity contribution < 1.29 is 23.7 Å². The second kappa shape index (κ2) is 12.0. The second-order valence-corrected chi connectivity index (χ2v) is 9.25. The zero-order chi connectivity index (χ0) is 27.9. The Labute approximate surface area is 227 Å². The van der Waals surface area contributed by atoms with Crippen molar-refractivity contribution in [2.45, 2.75) is 12.8 Å². The average Bonchev–Trinajstić information content (AvgIpc) is 3.46. The molecule has 0 saturated heterocycles. The maximum Gasteiger partial charge on any atom is 0.269 e. The Hall–Kier alpha value is -5.02. The molecule has 0 saturated carbocycles. The molecule has 11 nitrogen and oxygen atoms in total. The van der Waals surface area contributed by atoms with Gasteiger partial charge >= 0.3 is 0 Å². The van der Waals surface area contributed by atoms with Gasteiger partial charge in [-0.25, -0.2) is 0 Å². The molecule has 1 atom stereocenters. The summed E-state index contributed by atoms with van der Waals surface area (Å²) >= 11 is 1.09. The van der Waals surface area contributed by atoms with Gasteiger partial charge in [0.25, 0.3) is 11.6 Å². The highest BCUT2D eigenvalue weighted by molar-refractivity contribution is 8.03. The highest BCUT2D eigenvalue weighted by Gasteiger charge is 2.36. The first-order valence-corrected chi connectivity index (χ1v) is 12.6. The van der Waals surface area contributed by atoms with E-state index in [4.69, 9.17) is 9.15 Å². The molecule has 1 aliphatic rings. The number of rotatable bonds is 9. The number of para-hydroxylation sites is 2. The van der Waals surface area contributed by atoms with Gasteiger partial charge in [0.2, 0.25) is 5.91 Å². The number of ether oxygens (including phenoxy) is 1. The number of nitrogens with one attached hydrogen (secondary N) is 3. The van der Waals surface area contributed by atoms with Crippen molar-refractivity contribution in [3.63, 3.8) is 0 Å². The highest BCUT2D eigenvalue weighted by Crippen LogP contribution is 2.41. The third-order valence-corrected chi connectivity index (χ3v) is 6.80. The number of thioether (sulfide) groups is 1. The maximum atomic E-state index is 13.5. The number of nitro groups is 1. The van der Waals surface area contributed by atoms with Gasteiger partial charge in [-0.05, 0) is 43.3 Å². The van der Waals surface area contributed by atoms with Crippen LogP contribution in [0.15, 0.2) is 93.2 Å². The lowest BCUT2D eigenvalue weighted by Gasteiger charge is -2.28. The van der Waals surface area contributed by atoms with Crippen molar-refractivity contribution in [1.29, 1.82) is 5.26 Å². The van der Waals surface area contributed by atoms with Crippen molar-refractivity contribution in [2.75, 3.05) is 23.5 Å². The number of nitrogens with zero attached hydrogens (tertiary/aromatic N) is 2. The van der Waals surface area contributed by atoms with E-state index in [-0.39, 0.29) is 28.5 Å². The van der Waals surface area contributed by atoms with Crippen LogP contribution < -0.4 is 20.7 Å². The number of carbonyl (C=O) groups is 2. The fourth-order valence-electron chi connectivity index (χ4n) is 4.01. The third-order valence-electron chi connectivity index (χ3n) is 5.78. The van der Waals surface area contributed by atoms with Gasteiger partial charge in [0.1, 0.15) is 11.5 Å². The Morgan fingerprint density at radius 3 is 2.54 bits per heavy atom. The molecule has 0 fully saturated rings. The van der Waals surface area contributed by atoms with E-state index in [1.807, 2.05) is 0 Å². The van der Waals surface area contributed by atoms with E-state index >= 15 is 0 Å². The normalized spacial score (nSPS) is 14.7. The average molecular weight is 546 g/mol.